The van der Waals surface area contributed by atoms with Gasteiger partial charge < -0.3 is 0 Å². The lowest BCUT2D eigenvalue weighted by molar-refractivity contribution is 0.103. The van der Waals surface area contributed by atoms with Crippen LogP contribution >= 0.6 is 0 Å². The van der Waals surface area contributed by atoms with E-state index in [9.17, 15) is 9.00 Å². The molecule has 0 heterocycles. The first-order valence-electron chi connectivity index (χ1n) is 4.52. The summed E-state index contributed by atoms with van der Waals surface area (Å²) in [5, 5.41) is 8.64. The summed E-state index contributed by atoms with van der Waals surface area (Å²) in [5.41, 5.74) is -0.136. The number of benzene rings is 1. The largest absolute Gasteiger partial charge is 0.433 e. The lowest BCUT2D eigenvalue weighted by Crippen LogP contribution is -2.21. The van der Waals surface area contributed by atoms with Crippen molar-refractivity contribution < 1.29 is 18.1 Å². The predicted octanol–water partition coefficient (Wildman–Crippen LogP) is 1.37. The fourth-order valence-electron chi connectivity index (χ4n) is 1.60. The second kappa shape index (κ2) is 3.78. The van der Waals surface area contributed by atoms with Gasteiger partial charge in [-0.15, -0.1) is 0 Å². The van der Waals surface area contributed by atoms with Crippen LogP contribution in [0.2, 0.25) is 0 Å². The molecule has 7 heteroatoms. The van der Waals surface area contributed by atoms with Gasteiger partial charge in [0.15, 0.2) is 4.98 Å². The average Bonchev–Trinajstić information content (AvgIpc) is 2.28. The maximum Gasteiger partial charge on any atom is 0.433 e. The van der Waals surface area contributed by atoms with Gasteiger partial charge in [-0.3, -0.25) is 13.9 Å². The molecule has 86 valence electrons. The number of allylic oxidation sites excluding steroid dienone is 2. The van der Waals surface area contributed by atoms with Gasteiger partial charge in [0.1, 0.15) is 0 Å². The van der Waals surface area contributed by atoms with Crippen LogP contribution in [0.15, 0.2) is 36.0 Å². The highest BCUT2D eigenvalue weighted by atomic mass is 32.2. The molecule has 2 N–H and O–H groups in total. The minimum atomic E-state index is -4.24. The Balaban J connectivity index is 2.90. The Morgan fingerprint density at radius 3 is 2.29 bits per heavy atom. The number of carbonyl (C=O) groups is 1. The molecule has 6 nitrogen and oxygen atoms in total. The maximum atomic E-state index is 11.7. The van der Waals surface area contributed by atoms with Crippen LogP contribution in [0.1, 0.15) is 15.9 Å². The third kappa shape index (κ3) is 1.85. The SMILES string of the molecule is N#[N+]C1=CC(=S(=O)(O)O)c2ccccc2C1=O. The molecular weight excluding hydrogens is 244 g/mol. The lowest BCUT2D eigenvalue weighted by atomic mass is 9.94. The Kier molecular flexibility index (Phi) is 2.55. The van der Waals surface area contributed by atoms with Gasteiger partial charge in [-0.1, -0.05) is 24.3 Å². The summed E-state index contributed by atoms with van der Waals surface area (Å²) in [7, 11) is -4.24. The quantitative estimate of drug-likeness (QED) is 0.535. The van der Waals surface area contributed by atoms with Crippen LogP contribution in [0.5, 0.6) is 0 Å². The first-order valence-corrected chi connectivity index (χ1v) is 5.99. The van der Waals surface area contributed by atoms with Crippen molar-refractivity contribution in [2.45, 2.75) is 0 Å². The molecule has 0 atom stereocenters. The molecule has 0 unspecified atom stereocenters. The molecule has 0 radical (unpaired) electrons. The fourth-order valence-corrected chi connectivity index (χ4v) is 2.33. The van der Waals surface area contributed by atoms with Crippen molar-refractivity contribution in [2.24, 2.45) is 0 Å². The summed E-state index contributed by atoms with van der Waals surface area (Å²) in [6, 6.07) is 5.97. The van der Waals surface area contributed by atoms with E-state index in [1.807, 2.05) is 0 Å². The normalized spacial score (nSPS) is 15.0. The molecule has 1 aromatic rings. The van der Waals surface area contributed by atoms with Gasteiger partial charge in [0.05, 0.1) is 10.9 Å². The van der Waals surface area contributed by atoms with Crippen LogP contribution in [0.25, 0.3) is 4.98 Å². The van der Waals surface area contributed by atoms with E-state index in [1.165, 1.54) is 12.1 Å². The highest BCUT2D eigenvalue weighted by molar-refractivity contribution is 7.92. The van der Waals surface area contributed by atoms with Crippen molar-refractivity contribution >= 4 is 20.7 Å². The molecule has 0 bridgehead atoms. The minimum absolute atomic E-state index is 0.105. The highest BCUT2D eigenvalue weighted by Gasteiger charge is 2.34. The second-order valence-corrected chi connectivity index (χ2v) is 4.80. The molecule has 1 aromatic carbocycles. The van der Waals surface area contributed by atoms with Gasteiger partial charge in [-0.2, -0.15) is 0 Å². The van der Waals surface area contributed by atoms with Gasteiger partial charge >= 0.3 is 5.70 Å². The van der Waals surface area contributed by atoms with Crippen molar-refractivity contribution in [1.29, 1.82) is 5.39 Å². The molecule has 2 rings (SSSR count). The summed E-state index contributed by atoms with van der Waals surface area (Å²) in [5.74, 6) is -0.574. The van der Waals surface area contributed by atoms with Crippen LogP contribution in [0.4, 0.5) is 0 Å². The van der Waals surface area contributed by atoms with Gasteiger partial charge in [0.2, 0.25) is 15.5 Å². The van der Waals surface area contributed by atoms with Crippen molar-refractivity contribution in [3.8, 4) is 0 Å². The lowest BCUT2D eigenvalue weighted by Gasteiger charge is -2.11. The highest BCUT2D eigenvalue weighted by Crippen LogP contribution is 2.23. The van der Waals surface area contributed by atoms with E-state index in [1.54, 1.807) is 12.1 Å². The smallest absolute Gasteiger partial charge is 0.293 e. The summed E-state index contributed by atoms with van der Waals surface area (Å²) in [4.78, 5) is 14.1. The molecule has 0 saturated carbocycles. The zero-order valence-corrected chi connectivity index (χ0v) is 9.22. The van der Waals surface area contributed by atoms with Gasteiger partial charge in [-0.25, -0.2) is 4.21 Å². The topological polar surface area (TPSA) is 103 Å². The molecule has 0 aliphatic heterocycles. The summed E-state index contributed by atoms with van der Waals surface area (Å²) >= 11 is 0. The Bertz CT molecular complexity index is 697. The number of carbonyl (C=O) groups excluding carboxylic acids is 1. The Morgan fingerprint density at radius 1 is 1.18 bits per heavy atom. The molecule has 1 aliphatic carbocycles. The summed E-state index contributed by atoms with van der Waals surface area (Å²) in [6.45, 7) is 0. The zero-order valence-electron chi connectivity index (χ0n) is 8.40. The van der Waals surface area contributed by atoms with Gasteiger partial charge in [0.25, 0.3) is 5.78 Å². The average molecular weight is 251 g/mol. The van der Waals surface area contributed by atoms with E-state index in [2.05, 4.69) is 4.98 Å². The maximum absolute atomic E-state index is 11.7. The van der Waals surface area contributed by atoms with Gasteiger partial charge in [-0.05, 0) is 0 Å². The van der Waals surface area contributed by atoms with Crippen LogP contribution in [-0.4, -0.2) is 24.0 Å². The molecule has 0 aromatic heterocycles. The number of nitrogens with zero attached hydrogens (tertiary/aromatic N) is 2. The number of fused-ring (bicyclic) bond motifs is 1. The minimum Gasteiger partial charge on any atom is -0.293 e. The molecule has 0 fully saturated rings. The van der Waals surface area contributed by atoms with Crippen molar-refractivity contribution in [1.82, 2.24) is 0 Å². The Labute approximate surface area is 96.9 Å². The number of Topliss-reactive ketones (excluding diaryl/α,β-unsaturated/α-hetero) is 1. The fraction of sp³-hybridized carbons (Fsp3) is 0. The molecule has 17 heavy (non-hydrogen) atoms. The van der Waals surface area contributed by atoms with E-state index < -0.39 is 21.6 Å². The molecule has 0 amide bonds. The number of rotatable bonds is 0. The Morgan fingerprint density at radius 2 is 1.76 bits per heavy atom. The molecule has 0 saturated heterocycles. The van der Waals surface area contributed by atoms with Crippen molar-refractivity contribution in [3.63, 3.8) is 0 Å². The van der Waals surface area contributed by atoms with E-state index >= 15 is 0 Å². The first-order chi connectivity index (χ1) is 7.95. The molecule has 0 spiro atoms. The second-order valence-electron chi connectivity index (χ2n) is 3.37. The van der Waals surface area contributed by atoms with Crippen LogP contribution in [0, 0.1) is 5.39 Å². The number of ketones is 1. The number of hydrogen-bond acceptors (Lipinski definition) is 3. The summed E-state index contributed by atoms with van der Waals surface area (Å²) in [6.07, 6.45) is 0.896. The van der Waals surface area contributed by atoms with Crippen LogP contribution < -0.4 is 0 Å². The van der Waals surface area contributed by atoms with Crippen molar-refractivity contribution in [2.75, 3.05) is 0 Å². The summed E-state index contributed by atoms with van der Waals surface area (Å²) < 4.78 is 29.6. The zero-order chi connectivity index (χ0) is 12.6. The van der Waals surface area contributed by atoms with E-state index in [0.29, 0.717) is 0 Å². The number of diazo groups is 1. The van der Waals surface area contributed by atoms with E-state index in [-0.39, 0.29) is 16.0 Å². The van der Waals surface area contributed by atoms with Gasteiger partial charge in [0, 0.05) is 11.1 Å². The third-order valence-electron chi connectivity index (χ3n) is 2.33. The number of hydrogen-bond donors (Lipinski definition) is 2. The van der Waals surface area contributed by atoms with E-state index in [4.69, 9.17) is 14.5 Å². The first kappa shape index (κ1) is 11.5. The van der Waals surface area contributed by atoms with Crippen LogP contribution in [-0.2, 0) is 10.1 Å². The molecule has 1 aliphatic rings. The monoisotopic (exact) mass is 251 g/mol. The predicted molar refractivity (Wildman–Crippen MR) is 61.4 cm³/mol. The van der Waals surface area contributed by atoms with Crippen LogP contribution in [0.3, 0.4) is 0 Å². The Hall–Kier alpha value is -2.01. The van der Waals surface area contributed by atoms with Crippen molar-refractivity contribution in [3.05, 3.63) is 52.1 Å². The molecular formula is C10H7N2O4S+. The standard InChI is InChI=1S/C10H6N2O4S/c11-12-8-5-9(17(14,15)16)6-3-1-2-4-7(6)10(8)13/h1-5H,(H-,13,14,15,16)/p+1. The van der Waals surface area contributed by atoms with E-state index in [0.717, 1.165) is 6.08 Å². The third-order valence-corrected chi connectivity index (χ3v) is 3.24.